The van der Waals surface area contributed by atoms with Crippen molar-refractivity contribution in [1.82, 2.24) is 15.1 Å². The minimum Gasteiger partial charge on any atom is -0.326 e. The zero-order chi connectivity index (χ0) is 15.7. The highest BCUT2D eigenvalue weighted by molar-refractivity contribution is 7.15. The van der Waals surface area contributed by atoms with Gasteiger partial charge in [-0.05, 0) is 17.9 Å². The lowest BCUT2D eigenvalue weighted by molar-refractivity contribution is -0.118. The molecule has 1 aliphatic rings. The van der Waals surface area contributed by atoms with Gasteiger partial charge in [-0.3, -0.25) is 9.48 Å². The summed E-state index contributed by atoms with van der Waals surface area (Å²) in [5, 5.41) is 11.1. The summed E-state index contributed by atoms with van der Waals surface area (Å²) in [6.45, 7) is 0.550. The number of amides is 3. The average molecular weight is 340 g/mol. The van der Waals surface area contributed by atoms with E-state index in [-0.39, 0.29) is 5.91 Å². The van der Waals surface area contributed by atoms with Gasteiger partial charge in [-0.2, -0.15) is 5.10 Å². The fourth-order valence-electron chi connectivity index (χ4n) is 2.32. The van der Waals surface area contributed by atoms with Gasteiger partial charge in [0.25, 0.3) is 0 Å². The molecular formula is C13H14ClN5O2S. The monoisotopic (exact) mass is 339 g/mol. The highest BCUT2D eigenvalue weighted by Crippen LogP contribution is 2.27. The van der Waals surface area contributed by atoms with E-state index in [1.54, 1.807) is 40.5 Å². The molecular weight excluding hydrogens is 326 g/mol. The van der Waals surface area contributed by atoms with Crippen molar-refractivity contribution >= 4 is 46.3 Å². The summed E-state index contributed by atoms with van der Waals surface area (Å²) in [5.41, 5.74) is 1.27. The number of hydrogen-bond acceptors (Lipinski definition) is 4. The van der Waals surface area contributed by atoms with E-state index in [1.165, 1.54) is 11.3 Å². The van der Waals surface area contributed by atoms with E-state index in [1.807, 2.05) is 0 Å². The third kappa shape index (κ3) is 2.93. The summed E-state index contributed by atoms with van der Waals surface area (Å²) >= 11 is 7.25. The van der Waals surface area contributed by atoms with Crippen LogP contribution >= 0.6 is 22.9 Å². The summed E-state index contributed by atoms with van der Waals surface area (Å²) < 4.78 is 2.14. The third-order valence-electron chi connectivity index (χ3n) is 3.38. The topological polar surface area (TPSA) is 79.3 Å². The van der Waals surface area contributed by atoms with Crippen molar-refractivity contribution in [2.24, 2.45) is 7.05 Å². The third-order valence-corrected chi connectivity index (χ3v) is 4.55. The first-order valence-electron chi connectivity index (χ1n) is 6.65. The number of carbonyl (C=O) groups excluding carboxylic acids is 2. The second-order valence-electron chi connectivity index (χ2n) is 4.91. The van der Waals surface area contributed by atoms with Crippen molar-refractivity contribution in [2.75, 3.05) is 16.8 Å². The largest absolute Gasteiger partial charge is 0.326 e. The Morgan fingerprint density at radius 3 is 3.00 bits per heavy atom. The predicted octanol–water partition coefficient (Wildman–Crippen LogP) is 2.06. The number of aryl methyl sites for hydroxylation is 1. The van der Waals surface area contributed by atoms with Crippen molar-refractivity contribution in [3.05, 3.63) is 28.2 Å². The molecule has 2 N–H and O–H groups in total. The standard InChI is InChI=1S/C13H14ClN5O2S/c1-18-7-8(6-15-18)19-4-2-10(12(19)20)17-13(21)16-9-3-5-22-11(9)14/h3,5-7,10H,2,4H2,1H3,(H2,16,17,21)/t10-/m0/s1. The maximum Gasteiger partial charge on any atom is 0.319 e. The summed E-state index contributed by atoms with van der Waals surface area (Å²) in [7, 11) is 1.79. The molecule has 0 radical (unpaired) electrons. The lowest BCUT2D eigenvalue weighted by atomic mass is 10.2. The zero-order valence-electron chi connectivity index (χ0n) is 11.7. The number of aromatic nitrogens is 2. The van der Waals surface area contributed by atoms with Gasteiger partial charge in [-0.15, -0.1) is 11.3 Å². The molecule has 0 spiro atoms. The summed E-state index contributed by atoms with van der Waals surface area (Å²) in [6, 6.07) is 0.731. The highest BCUT2D eigenvalue weighted by atomic mass is 35.5. The maximum atomic E-state index is 12.3. The van der Waals surface area contributed by atoms with Crippen LogP contribution in [-0.2, 0) is 11.8 Å². The fraction of sp³-hybridized carbons (Fsp3) is 0.308. The van der Waals surface area contributed by atoms with E-state index in [2.05, 4.69) is 15.7 Å². The van der Waals surface area contributed by atoms with E-state index < -0.39 is 12.1 Å². The lowest BCUT2D eigenvalue weighted by Crippen LogP contribution is -2.43. The second-order valence-corrected chi connectivity index (χ2v) is 6.43. The van der Waals surface area contributed by atoms with Crippen LogP contribution in [0.4, 0.5) is 16.2 Å². The molecule has 22 heavy (non-hydrogen) atoms. The molecule has 116 valence electrons. The Bertz CT molecular complexity index is 713. The first-order chi connectivity index (χ1) is 10.5. The Balaban J connectivity index is 1.61. The average Bonchev–Trinajstić information content (AvgIpc) is 3.15. The van der Waals surface area contributed by atoms with E-state index in [0.717, 1.165) is 5.69 Å². The van der Waals surface area contributed by atoms with Gasteiger partial charge in [0.1, 0.15) is 10.4 Å². The molecule has 3 amide bonds. The SMILES string of the molecule is Cn1cc(N2CC[C@H](NC(=O)Nc3ccsc3Cl)C2=O)cn1. The molecule has 2 aromatic rings. The maximum absolute atomic E-state index is 12.3. The van der Waals surface area contributed by atoms with E-state index in [0.29, 0.717) is 23.0 Å². The van der Waals surface area contributed by atoms with Gasteiger partial charge in [-0.1, -0.05) is 11.6 Å². The fourth-order valence-corrected chi connectivity index (χ4v) is 3.15. The molecule has 1 atom stereocenters. The van der Waals surface area contributed by atoms with E-state index in [4.69, 9.17) is 11.6 Å². The number of nitrogens with one attached hydrogen (secondary N) is 2. The Morgan fingerprint density at radius 1 is 1.55 bits per heavy atom. The molecule has 1 fully saturated rings. The zero-order valence-corrected chi connectivity index (χ0v) is 13.3. The molecule has 9 heteroatoms. The van der Waals surface area contributed by atoms with E-state index in [9.17, 15) is 9.59 Å². The molecule has 0 aromatic carbocycles. The van der Waals surface area contributed by atoms with Crippen LogP contribution in [0.3, 0.4) is 0 Å². The molecule has 0 unspecified atom stereocenters. The molecule has 1 saturated heterocycles. The summed E-state index contributed by atoms with van der Waals surface area (Å²) in [6.07, 6.45) is 3.95. The number of carbonyl (C=O) groups is 2. The Labute approximate surface area is 135 Å². The van der Waals surface area contributed by atoms with Crippen LogP contribution in [0.1, 0.15) is 6.42 Å². The number of rotatable bonds is 3. The van der Waals surface area contributed by atoms with Crippen LogP contribution < -0.4 is 15.5 Å². The van der Waals surface area contributed by atoms with Crippen molar-refractivity contribution in [3.8, 4) is 0 Å². The minimum atomic E-state index is -0.544. The van der Waals surface area contributed by atoms with Crippen LogP contribution in [0, 0.1) is 0 Å². The molecule has 3 rings (SSSR count). The summed E-state index contributed by atoms with van der Waals surface area (Å²) in [5.74, 6) is -0.139. The molecule has 1 aliphatic heterocycles. The molecule has 0 bridgehead atoms. The second kappa shape index (κ2) is 5.98. The van der Waals surface area contributed by atoms with Crippen LogP contribution in [0.5, 0.6) is 0 Å². The van der Waals surface area contributed by atoms with Gasteiger partial charge >= 0.3 is 6.03 Å². The van der Waals surface area contributed by atoms with Crippen LogP contribution in [-0.4, -0.2) is 34.3 Å². The number of hydrogen-bond donors (Lipinski definition) is 2. The first kappa shape index (κ1) is 14.9. The highest BCUT2D eigenvalue weighted by Gasteiger charge is 2.34. The molecule has 2 aromatic heterocycles. The predicted molar refractivity (Wildman–Crippen MR) is 85.4 cm³/mol. The number of nitrogens with zero attached hydrogens (tertiary/aromatic N) is 3. The van der Waals surface area contributed by atoms with Crippen molar-refractivity contribution in [3.63, 3.8) is 0 Å². The van der Waals surface area contributed by atoms with Gasteiger partial charge in [0.2, 0.25) is 5.91 Å². The Morgan fingerprint density at radius 2 is 2.36 bits per heavy atom. The van der Waals surface area contributed by atoms with Gasteiger partial charge in [0.15, 0.2) is 0 Å². The van der Waals surface area contributed by atoms with Crippen molar-refractivity contribution in [1.29, 1.82) is 0 Å². The lowest BCUT2D eigenvalue weighted by Gasteiger charge is -2.15. The molecule has 0 aliphatic carbocycles. The number of urea groups is 1. The normalized spacial score (nSPS) is 17.8. The Hall–Kier alpha value is -2.06. The van der Waals surface area contributed by atoms with Crippen LogP contribution in [0.2, 0.25) is 4.34 Å². The molecule has 7 nitrogen and oxygen atoms in total. The smallest absolute Gasteiger partial charge is 0.319 e. The molecule has 3 heterocycles. The number of thiophene rings is 1. The van der Waals surface area contributed by atoms with Crippen LogP contribution in [0.15, 0.2) is 23.8 Å². The summed E-state index contributed by atoms with van der Waals surface area (Å²) in [4.78, 5) is 25.9. The van der Waals surface area contributed by atoms with Gasteiger partial charge in [-0.25, -0.2) is 4.79 Å². The van der Waals surface area contributed by atoms with Crippen LogP contribution in [0.25, 0.3) is 0 Å². The molecule has 0 saturated carbocycles. The Kier molecular flexibility index (Phi) is 4.04. The van der Waals surface area contributed by atoms with Gasteiger partial charge in [0, 0.05) is 19.8 Å². The minimum absolute atomic E-state index is 0.139. The van der Waals surface area contributed by atoms with Crippen molar-refractivity contribution in [2.45, 2.75) is 12.5 Å². The van der Waals surface area contributed by atoms with Gasteiger partial charge in [0.05, 0.1) is 17.6 Å². The quantitative estimate of drug-likeness (QED) is 0.898. The number of anilines is 2. The van der Waals surface area contributed by atoms with Crippen molar-refractivity contribution < 1.29 is 9.59 Å². The van der Waals surface area contributed by atoms with E-state index >= 15 is 0 Å². The number of halogens is 1. The van der Waals surface area contributed by atoms with Gasteiger partial charge < -0.3 is 15.5 Å². The first-order valence-corrected chi connectivity index (χ1v) is 7.91.